The van der Waals surface area contributed by atoms with Crippen LogP contribution in [0.25, 0.3) is 0 Å². The minimum absolute atomic E-state index is 0.134. The number of ether oxygens (including phenoxy) is 1. The molecule has 154 valence electrons. The zero-order valence-corrected chi connectivity index (χ0v) is 17.7. The van der Waals surface area contributed by atoms with Gasteiger partial charge in [-0.2, -0.15) is 0 Å². The Morgan fingerprint density at radius 3 is 2.45 bits per heavy atom. The van der Waals surface area contributed by atoms with Gasteiger partial charge in [0.05, 0.1) is 22.2 Å². The third kappa shape index (κ3) is 6.76. The summed E-state index contributed by atoms with van der Waals surface area (Å²) in [5.41, 5.74) is 1.80. The summed E-state index contributed by atoms with van der Waals surface area (Å²) < 4.78 is 5.07. The molecule has 0 radical (unpaired) electrons. The molecule has 0 bridgehead atoms. The van der Waals surface area contributed by atoms with Crippen molar-refractivity contribution in [2.75, 3.05) is 25.0 Å². The number of hydrogen-bond donors (Lipinski definition) is 1. The average Bonchev–Trinajstić information content (AvgIpc) is 2.69. The molecule has 0 heterocycles. The number of nitrogens with zero attached hydrogens (tertiary/aromatic N) is 1. The number of esters is 1. The number of carbonyl (C=O) groups is 3. The molecule has 8 heteroatoms. The summed E-state index contributed by atoms with van der Waals surface area (Å²) in [5.74, 6) is -1.48. The lowest BCUT2D eigenvalue weighted by Crippen LogP contribution is -2.40. The Labute approximate surface area is 179 Å². The highest BCUT2D eigenvalue weighted by Gasteiger charge is 2.19. The summed E-state index contributed by atoms with van der Waals surface area (Å²) in [7, 11) is 0. The first-order valence-corrected chi connectivity index (χ1v) is 9.82. The van der Waals surface area contributed by atoms with Crippen LogP contribution in [0.15, 0.2) is 42.5 Å². The Hall–Kier alpha value is -2.57. The Morgan fingerprint density at radius 1 is 1.07 bits per heavy atom. The first-order chi connectivity index (χ1) is 13.8. The van der Waals surface area contributed by atoms with E-state index in [-0.39, 0.29) is 23.0 Å². The number of hydrogen-bond acceptors (Lipinski definition) is 4. The molecular formula is C21H22Cl2N2O4. The summed E-state index contributed by atoms with van der Waals surface area (Å²) in [6, 6.07) is 11.7. The van der Waals surface area contributed by atoms with Gasteiger partial charge in [0.25, 0.3) is 5.91 Å². The molecule has 2 rings (SSSR count). The van der Waals surface area contributed by atoms with E-state index >= 15 is 0 Å². The fraction of sp³-hybridized carbons (Fsp3) is 0.286. The highest BCUT2D eigenvalue weighted by atomic mass is 35.5. The van der Waals surface area contributed by atoms with Crippen LogP contribution in [-0.4, -0.2) is 42.4 Å². The number of halogens is 2. The molecule has 1 N–H and O–H groups in total. The summed E-state index contributed by atoms with van der Waals surface area (Å²) in [6.45, 7) is 3.53. The van der Waals surface area contributed by atoms with Crippen LogP contribution in [0.3, 0.4) is 0 Å². The molecule has 0 spiro atoms. The summed E-state index contributed by atoms with van der Waals surface area (Å²) in [5, 5.41) is 3.32. The van der Waals surface area contributed by atoms with Gasteiger partial charge in [0.15, 0.2) is 6.61 Å². The molecule has 0 aromatic heterocycles. The molecule has 0 aliphatic rings. The molecular weight excluding hydrogens is 415 g/mol. The van der Waals surface area contributed by atoms with Crippen molar-refractivity contribution < 1.29 is 19.1 Å². The van der Waals surface area contributed by atoms with Gasteiger partial charge in [-0.05, 0) is 43.2 Å². The van der Waals surface area contributed by atoms with E-state index in [1.165, 1.54) is 23.1 Å². The molecule has 0 saturated carbocycles. The zero-order chi connectivity index (χ0) is 21.4. The molecule has 0 aliphatic heterocycles. The maximum Gasteiger partial charge on any atom is 0.338 e. The minimum atomic E-state index is -0.697. The lowest BCUT2D eigenvalue weighted by Gasteiger charge is -2.21. The monoisotopic (exact) mass is 436 g/mol. The highest BCUT2D eigenvalue weighted by Crippen LogP contribution is 2.23. The maximum atomic E-state index is 12.5. The van der Waals surface area contributed by atoms with Gasteiger partial charge in [0.2, 0.25) is 5.91 Å². The van der Waals surface area contributed by atoms with Crippen LogP contribution in [0.4, 0.5) is 5.69 Å². The molecule has 6 nitrogen and oxygen atoms in total. The van der Waals surface area contributed by atoms with E-state index in [0.29, 0.717) is 23.7 Å². The number of nitrogens with one attached hydrogen (secondary N) is 1. The van der Waals surface area contributed by atoms with Crippen molar-refractivity contribution in [2.45, 2.75) is 20.3 Å². The third-order valence-corrected chi connectivity index (χ3v) is 4.82. The summed E-state index contributed by atoms with van der Waals surface area (Å²) >= 11 is 11.7. The van der Waals surface area contributed by atoms with Gasteiger partial charge in [0.1, 0.15) is 0 Å². The van der Waals surface area contributed by atoms with Crippen molar-refractivity contribution in [3.05, 3.63) is 63.6 Å². The van der Waals surface area contributed by atoms with Gasteiger partial charge in [-0.1, -0.05) is 48.3 Å². The van der Waals surface area contributed by atoms with Crippen LogP contribution in [0.2, 0.25) is 10.0 Å². The minimum Gasteiger partial charge on any atom is -0.452 e. The lowest BCUT2D eigenvalue weighted by molar-refractivity contribution is -0.137. The Balaban J connectivity index is 1.94. The molecule has 2 aromatic carbocycles. The summed E-state index contributed by atoms with van der Waals surface area (Å²) in [4.78, 5) is 38.3. The Morgan fingerprint density at radius 2 is 1.79 bits per heavy atom. The van der Waals surface area contributed by atoms with E-state index in [2.05, 4.69) is 5.32 Å². The number of para-hydroxylation sites is 1. The van der Waals surface area contributed by atoms with Crippen LogP contribution in [0.1, 0.15) is 29.3 Å². The van der Waals surface area contributed by atoms with Crippen molar-refractivity contribution in [1.82, 2.24) is 4.90 Å². The zero-order valence-electron chi connectivity index (χ0n) is 16.2. The van der Waals surface area contributed by atoms with Gasteiger partial charge in [0, 0.05) is 12.2 Å². The van der Waals surface area contributed by atoms with Crippen LogP contribution in [-0.2, 0) is 14.3 Å². The van der Waals surface area contributed by atoms with Gasteiger partial charge in [-0.25, -0.2) is 4.79 Å². The lowest BCUT2D eigenvalue weighted by atomic mass is 10.2. The molecule has 29 heavy (non-hydrogen) atoms. The van der Waals surface area contributed by atoms with E-state index in [0.717, 1.165) is 5.56 Å². The fourth-order valence-corrected chi connectivity index (χ4v) is 2.86. The first kappa shape index (κ1) is 22.7. The second-order valence-electron chi connectivity index (χ2n) is 6.38. The molecule has 0 unspecified atom stereocenters. The molecule has 0 atom stereocenters. The molecule has 0 saturated heterocycles. The normalized spacial score (nSPS) is 10.3. The van der Waals surface area contributed by atoms with Gasteiger partial charge >= 0.3 is 5.97 Å². The van der Waals surface area contributed by atoms with Crippen molar-refractivity contribution in [1.29, 1.82) is 0 Å². The Kier molecular flexibility index (Phi) is 8.49. The molecule has 0 fully saturated rings. The van der Waals surface area contributed by atoms with Crippen LogP contribution in [0, 0.1) is 6.92 Å². The van der Waals surface area contributed by atoms with Crippen molar-refractivity contribution in [3.8, 4) is 0 Å². The van der Waals surface area contributed by atoms with E-state index < -0.39 is 18.5 Å². The Bertz CT molecular complexity index is 902. The van der Waals surface area contributed by atoms with Crippen molar-refractivity contribution in [2.24, 2.45) is 0 Å². The third-order valence-electron chi connectivity index (χ3n) is 4.08. The topological polar surface area (TPSA) is 75.7 Å². The van der Waals surface area contributed by atoms with E-state index in [4.69, 9.17) is 27.9 Å². The van der Waals surface area contributed by atoms with Crippen LogP contribution >= 0.6 is 23.2 Å². The van der Waals surface area contributed by atoms with Gasteiger partial charge < -0.3 is 15.0 Å². The number of benzene rings is 2. The van der Waals surface area contributed by atoms with E-state index in [1.807, 2.05) is 32.0 Å². The number of aryl methyl sites for hydroxylation is 1. The van der Waals surface area contributed by atoms with Crippen LogP contribution in [0.5, 0.6) is 0 Å². The van der Waals surface area contributed by atoms with E-state index in [9.17, 15) is 14.4 Å². The predicted molar refractivity (Wildman–Crippen MR) is 113 cm³/mol. The van der Waals surface area contributed by atoms with Crippen LogP contribution < -0.4 is 5.32 Å². The van der Waals surface area contributed by atoms with Gasteiger partial charge in [-0.3, -0.25) is 9.59 Å². The van der Waals surface area contributed by atoms with Crippen molar-refractivity contribution >= 4 is 46.7 Å². The number of anilines is 1. The second-order valence-corrected chi connectivity index (χ2v) is 7.20. The second kappa shape index (κ2) is 10.8. The smallest absolute Gasteiger partial charge is 0.338 e. The molecule has 0 aliphatic carbocycles. The number of amides is 2. The van der Waals surface area contributed by atoms with Crippen molar-refractivity contribution in [3.63, 3.8) is 0 Å². The average molecular weight is 437 g/mol. The number of rotatable bonds is 8. The van der Waals surface area contributed by atoms with Gasteiger partial charge in [-0.15, -0.1) is 0 Å². The standard InChI is InChI=1S/C21H22Cl2N2O4/c1-3-10-25(12-19(26)24-18-7-5-4-6-14(18)2)20(27)13-29-21(28)15-8-9-16(22)17(23)11-15/h4-9,11H,3,10,12-13H2,1-2H3,(H,24,26). The predicted octanol–water partition coefficient (Wildman–Crippen LogP) is 4.34. The quantitative estimate of drug-likeness (QED) is 0.624. The largest absolute Gasteiger partial charge is 0.452 e. The SMILES string of the molecule is CCCN(CC(=O)Nc1ccccc1C)C(=O)COC(=O)c1ccc(Cl)c(Cl)c1. The van der Waals surface area contributed by atoms with E-state index in [1.54, 1.807) is 6.07 Å². The first-order valence-electron chi connectivity index (χ1n) is 9.07. The maximum absolute atomic E-state index is 12.5. The summed E-state index contributed by atoms with van der Waals surface area (Å²) in [6.07, 6.45) is 0.657. The number of carbonyl (C=O) groups excluding carboxylic acids is 3. The fourth-order valence-electron chi connectivity index (χ4n) is 2.56. The molecule has 2 amide bonds. The molecule has 2 aromatic rings. The highest BCUT2D eigenvalue weighted by molar-refractivity contribution is 6.42.